The molecule has 1 fully saturated rings. The highest BCUT2D eigenvalue weighted by Crippen LogP contribution is 2.34. The van der Waals surface area contributed by atoms with E-state index in [0.717, 1.165) is 25.7 Å². The van der Waals surface area contributed by atoms with Crippen LogP contribution in [0, 0.1) is 17.8 Å². The third-order valence-corrected chi connectivity index (χ3v) is 3.05. The van der Waals surface area contributed by atoms with Crippen molar-refractivity contribution in [3.05, 3.63) is 0 Å². The van der Waals surface area contributed by atoms with Gasteiger partial charge in [-0.25, -0.2) is 0 Å². The summed E-state index contributed by atoms with van der Waals surface area (Å²) in [6.45, 7) is 0.665. The Hall–Kier alpha value is -0.120. The fraction of sp³-hybridized carbons (Fsp3) is 1.00. The van der Waals surface area contributed by atoms with Crippen LogP contribution in [0.5, 0.6) is 0 Å². The standard InChI is InChI=1S/C10H20O3/c11-2-1-8-3-9(6-12)5-10(4-8)7-13/h8-13H,1-7H2/t8-,9+,10-. The lowest BCUT2D eigenvalue weighted by molar-refractivity contribution is 0.0799. The van der Waals surface area contributed by atoms with Crippen molar-refractivity contribution < 1.29 is 15.3 Å². The summed E-state index contributed by atoms with van der Waals surface area (Å²) in [6, 6.07) is 0. The summed E-state index contributed by atoms with van der Waals surface area (Å²) in [5, 5.41) is 26.9. The molecule has 0 radical (unpaired) electrons. The monoisotopic (exact) mass is 188 g/mol. The largest absolute Gasteiger partial charge is 0.396 e. The molecule has 1 saturated carbocycles. The smallest absolute Gasteiger partial charge is 0.0459 e. The van der Waals surface area contributed by atoms with E-state index in [1.54, 1.807) is 0 Å². The van der Waals surface area contributed by atoms with E-state index in [1.165, 1.54) is 0 Å². The summed E-state index contributed by atoms with van der Waals surface area (Å²) in [4.78, 5) is 0. The molecule has 1 aliphatic rings. The quantitative estimate of drug-likeness (QED) is 0.598. The molecule has 0 spiro atoms. The molecule has 13 heavy (non-hydrogen) atoms. The first-order chi connectivity index (χ1) is 6.30. The third-order valence-electron chi connectivity index (χ3n) is 3.05. The van der Waals surface area contributed by atoms with Gasteiger partial charge in [-0.15, -0.1) is 0 Å². The molecule has 0 bridgehead atoms. The van der Waals surface area contributed by atoms with Crippen molar-refractivity contribution in [2.45, 2.75) is 25.7 Å². The topological polar surface area (TPSA) is 60.7 Å². The van der Waals surface area contributed by atoms with Gasteiger partial charge in [-0.1, -0.05) is 0 Å². The van der Waals surface area contributed by atoms with E-state index in [1.807, 2.05) is 0 Å². The fourth-order valence-electron chi connectivity index (χ4n) is 2.42. The molecule has 0 saturated heterocycles. The van der Waals surface area contributed by atoms with Gasteiger partial charge in [-0.05, 0) is 43.4 Å². The molecule has 3 atom stereocenters. The van der Waals surface area contributed by atoms with Crippen LogP contribution in [0.4, 0.5) is 0 Å². The zero-order valence-electron chi connectivity index (χ0n) is 8.02. The van der Waals surface area contributed by atoms with Crippen molar-refractivity contribution >= 4 is 0 Å². The maximum atomic E-state index is 9.05. The van der Waals surface area contributed by atoms with Crippen LogP contribution in [0.2, 0.25) is 0 Å². The molecule has 3 nitrogen and oxygen atoms in total. The average Bonchev–Trinajstić information content (AvgIpc) is 2.17. The Morgan fingerprint density at radius 1 is 0.769 bits per heavy atom. The summed E-state index contributed by atoms with van der Waals surface area (Å²) < 4.78 is 0. The Kier molecular flexibility index (Phi) is 4.70. The summed E-state index contributed by atoms with van der Waals surface area (Å²) in [6.07, 6.45) is 3.77. The first kappa shape index (κ1) is 11.0. The van der Waals surface area contributed by atoms with E-state index < -0.39 is 0 Å². The number of aliphatic hydroxyl groups is 3. The molecule has 78 valence electrons. The molecular weight excluding hydrogens is 168 g/mol. The number of hydrogen-bond donors (Lipinski definition) is 3. The minimum atomic E-state index is 0.221. The van der Waals surface area contributed by atoms with Crippen LogP contribution in [0.25, 0.3) is 0 Å². The lowest BCUT2D eigenvalue weighted by atomic mass is 9.74. The van der Waals surface area contributed by atoms with Crippen molar-refractivity contribution in [1.82, 2.24) is 0 Å². The van der Waals surface area contributed by atoms with Gasteiger partial charge in [0.05, 0.1) is 0 Å². The van der Waals surface area contributed by atoms with Crippen molar-refractivity contribution in [3.8, 4) is 0 Å². The average molecular weight is 188 g/mol. The van der Waals surface area contributed by atoms with Crippen molar-refractivity contribution in [3.63, 3.8) is 0 Å². The normalized spacial score (nSPS) is 34.8. The fourth-order valence-corrected chi connectivity index (χ4v) is 2.42. The molecule has 0 heterocycles. The Morgan fingerprint density at radius 2 is 1.23 bits per heavy atom. The van der Waals surface area contributed by atoms with Gasteiger partial charge < -0.3 is 15.3 Å². The maximum absolute atomic E-state index is 9.05. The highest BCUT2D eigenvalue weighted by molar-refractivity contribution is 4.78. The Balaban J connectivity index is 2.39. The molecule has 0 aromatic rings. The van der Waals surface area contributed by atoms with Crippen LogP contribution < -0.4 is 0 Å². The van der Waals surface area contributed by atoms with Gasteiger partial charge in [-0.3, -0.25) is 0 Å². The molecule has 3 heteroatoms. The molecule has 0 unspecified atom stereocenters. The molecule has 0 aromatic carbocycles. The molecule has 0 amide bonds. The second-order valence-electron chi connectivity index (χ2n) is 4.18. The van der Waals surface area contributed by atoms with Gasteiger partial charge >= 0.3 is 0 Å². The second kappa shape index (κ2) is 5.58. The van der Waals surface area contributed by atoms with Gasteiger partial charge in [0.15, 0.2) is 0 Å². The maximum Gasteiger partial charge on any atom is 0.0459 e. The highest BCUT2D eigenvalue weighted by atomic mass is 16.3. The summed E-state index contributed by atoms with van der Waals surface area (Å²) >= 11 is 0. The minimum Gasteiger partial charge on any atom is -0.396 e. The Morgan fingerprint density at radius 3 is 1.62 bits per heavy atom. The lowest BCUT2D eigenvalue weighted by Gasteiger charge is -2.33. The molecule has 0 aliphatic heterocycles. The Labute approximate surface area is 79.4 Å². The number of aliphatic hydroxyl groups excluding tert-OH is 3. The molecule has 3 N–H and O–H groups in total. The second-order valence-corrected chi connectivity index (χ2v) is 4.18. The van der Waals surface area contributed by atoms with E-state index in [-0.39, 0.29) is 19.8 Å². The third kappa shape index (κ3) is 3.25. The predicted molar refractivity (Wildman–Crippen MR) is 50.2 cm³/mol. The summed E-state index contributed by atoms with van der Waals surface area (Å²) in [5.74, 6) is 1.16. The Bertz CT molecular complexity index is 126. The minimum absolute atomic E-state index is 0.221. The van der Waals surface area contributed by atoms with Gasteiger partial charge in [0.25, 0.3) is 0 Å². The first-order valence-corrected chi connectivity index (χ1v) is 5.12. The van der Waals surface area contributed by atoms with Crippen molar-refractivity contribution in [2.24, 2.45) is 17.8 Å². The number of rotatable bonds is 4. The molecular formula is C10H20O3. The van der Waals surface area contributed by atoms with Gasteiger partial charge in [0.2, 0.25) is 0 Å². The number of hydrogen-bond acceptors (Lipinski definition) is 3. The van der Waals surface area contributed by atoms with E-state index in [9.17, 15) is 0 Å². The lowest BCUT2D eigenvalue weighted by Crippen LogP contribution is -2.27. The molecule has 0 aromatic heterocycles. The zero-order chi connectivity index (χ0) is 9.68. The van der Waals surface area contributed by atoms with E-state index >= 15 is 0 Å². The summed E-state index contributed by atoms with van der Waals surface area (Å²) in [7, 11) is 0. The van der Waals surface area contributed by atoms with Crippen LogP contribution in [0.3, 0.4) is 0 Å². The van der Waals surface area contributed by atoms with E-state index in [2.05, 4.69) is 0 Å². The van der Waals surface area contributed by atoms with E-state index in [0.29, 0.717) is 17.8 Å². The first-order valence-electron chi connectivity index (χ1n) is 5.12. The van der Waals surface area contributed by atoms with Crippen molar-refractivity contribution in [2.75, 3.05) is 19.8 Å². The van der Waals surface area contributed by atoms with Crippen LogP contribution >= 0.6 is 0 Å². The van der Waals surface area contributed by atoms with Crippen LogP contribution in [0.1, 0.15) is 25.7 Å². The predicted octanol–water partition coefficient (Wildman–Crippen LogP) is 0.386. The zero-order valence-corrected chi connectivity index (χ0v) is 8.02. The SMILES string of the molecule is OCC[C@@H]1C[C@H](CO)C[C@H](CO)C1. The van der Waals surface area contributed by atoms with Crippen molar-refractivity contribution in [1.29, 1.82) is 0 Å². The van der Waals surface area contributed by atoms with Crippen LogP contribution in [-0.4, -0.2) is 35.1 Å². The molecule has 1 aliphatic carbocycles. The van der Waals surface area contributed by atoms with E-state index in [4.69, 9.17) is 15.3 Å². The van der Waals surface area contributed by atoms with Gasteiger partial charge in [-0.2, -0.15) is 0 Å². The van der Waals surface area contributed by atoms with Crippen LogP contribution in [-0.2, 0) is 0 Å². The highest BCUT2D eigenvalue weighted by Gasteiger charge is 2.27. The van der Waals surface area contributed by atoms with Gasteiger partial charge in [0.1, 0.15) is 0 Å². The summed E-state index contributed by atoms with van der Waals surface area (Å²) in [5.41, 5.74) is 0. The molecule has 1 rings (SSSR count). The van der Waals surface area contributed by atoms with Gasteiger partial charge in [0, 0.05) is 19.8 Å². The van der Waals surface area contributed by atoms with Crippen LogP contribution in [0.15, 0.2) is 0 Å².